The summed E-state index contributed by atoms with van der Waals surface area (Å²) in [6, 6.07) is 10.6. The summed E-state index contributed by atoms with van der Waals surface area (Å²) in [6.45, 7) is 7.34. The second kappa shape index (κ2) is 7.46. The molecule has 0 bridgehead atoms. The first kappa shape index (κ1) is 18.8. The van der Waals surface area contributed by atoms with Crippen LogP contribution in [0.5, 0.6) is 0 Å². The van der Waals surface area contributed by atoms with E-state index in [1.54, 1.807) is 0 Å². The number of nitrogens with one attached hydrogen (secondary N) is 1. The van der Waals surface area contributed by atoms with Gasteiger partial charge in [0.1, 0.15) is 0 Å². The molecule has 1 saturated heterocycles. The molecule has 0 radical (unpaired) electrons. The largest absolute Gasteiger partial charge is 0.353 e. The molecule has 1 aliphatic carbocycles. The third-order valence-electron chi connectivity index (χ3n) is 5.90. The minimum atomic E-state index is -0.0957. The number of hydrogen-bond acceptors (Lipinski definition) is 2. The molecular formula is C23H29N3O2. The van der Waals surface area contributed by atoms with Crippen molar-refractivity contribution in [2.45, 2.75) is 52.5 Å². The van der Waals surface area contributed by atoms with Crippen molar-refractivity contribution in [3.63, 3.8) is 0 Å². The van der Waals surface area contributed by atoms with Crippen molar-refractivity contribution in [3.05, 3.63) is 52.8 Å². The number of aromatic nitrogens is 1. The van der Waals surface area contributed by atoms with Crippen molar-refractivity contribution < 1.29 is 9.59 Å². The second-order valence-corrected chi connectivity index (χ2v) is 8.35. The molecule has 28 heavy (non-hydrogen) atoms. The van der Waals surface area contributed by atoms with Gasteiger partial charge in [0, 0.05) is 30.5 Å². The smallest absolute Gasteiger partial charge is 0.256 e. The third-order valence-corrected chi connectivity index (χ3v) is 5.90. The Morgan fingerprint density at radius 1 is 1.00 bits per heavy atom. The van der Waals surface area contributed by atoms with Crippen LogP contribution < -0.4 is 5.32 Å². The van der Waals surface area contributed by atoms with Gasteiger partial charge < -0.3 is 14.8 Å². The van der Waals surface area contributed by atoms with E-state index in [0.717, 1.165) is 48.3 Å². The summed E-state index contributed by atoms with van der Waals surface area (Å²) in [4.78, 5) is 27.8. The van der Waals surface area contributed by atoms with E-state index in [1.165, 1.54) is 0 Å². The molecule has 0 spiro atoms. The van der Waals surface area contributed by atoms with Crippen molar-refractivity contribution in [2.75, 3.05) is 13.1 Å². The fourth-order valence-electron chi connectivity index (χ4n) is 4.16. The second-order valence-electron chi connectivity index (χ2n) is 8.35. The zero-order chi connectivity index (χ0) is 19.8. The van der Waals surface area contributed by atoms with Crippen LogP contribution in [0.25, 0.3) is 5.69 Å². The molecule has 5 heteroatoms. The molecular weight excluding hydrogens is 350 g/mol. The van der Waals surface area contributed by atoms with Gasteiger partial charge in [-0.1, -0.05) is 11.6 Å². The number of carbonyl (C=O) groups excluding carboxylic acids is 2. The van der Waals surface area contributed by atoms with Crippen LogP contribution >= 0.6 is 0 Å². The molecule has 1 unspecified atom stereocenters. The third kappa shape index (κ3) is 3.71. The first-order valence-electron chi connectivity index (χ1n) is 10.3. The molecule has 2 heterocycles. The lowest BCUT2D eigenvalue weighted by molar-refractivity contribution is -0.126. The Kier molecular flexibility index (Phi) is 5.00. The van der Waals surface area contributed by atoms with E-state index in [2.05, 4.69) is 35.9 Å². The highest BCUT2D eigenvalue weighted by atomic mass is 16.2. The molecule has 1 atom stereocenters. The van der Waals surface area contributed by atoms with Gasteiger partial charge in [0.05, 0.1) is 17.2 Å². The summed E-state index contributed by atoms with van der Waals surface area (Å²) in [7, 11) is 0. The normalized spacial score (nSPS) is 19.5. The van der Waals surface area contributed by atoms with Crippen LogP contribution in [0.2, 0.25) is 0 Å². The quantitative estimate of drug-likeness (QED) is 0.883. The average molecular weight is 380 g/mol. The molecule has 1 N–H and O–H groups in total. The number of rotatable bonds is 4. The average Bonchev–Trinajstić information content (AvgIpc) is 3.44. The lowest BCUT2D eigenvalue weighted by Crippen LogP contribution is -2.46. The van der Waals surface area contributed by atoms with E-state index in [4.69, 9.17) is 0 Å². The van der Waals surface area contributed by atoms with Gasteiger partial charge in [0.25, 0.3) is 5.91 Å². The predicted octanol–water partition coefficient (Wildman–Crippen LogP) is 3.53. The summed E-state index contributed by atoms with van der Waals surface area (Å²) >= 11 is 0. The van der Waals surface area contributed by atoms with E-state index >= 15 is 0 Å². The standard InChI is InChI=1S/C23H29N3O2/c1-15-6-11-21(26-16(2)7-8-17(26)3)20(13-15)23(28)25-12-4-5-18(14-25)22(27)24-19-9-10-19/h6-8,11,13,18-19H,4-5,9-10,12,14H2,1-3H3,(H,24,27). The highest BCUT2D eigenvalue weighted by Crippen LogP contribution is 2.26. The van der Waals surface area contributed by atoms with Crippen molar-refractivity contribution in [1.29, 1.82) is 0 Å². The van der Waals surface area contributed by atoms with Crippen LogP contribution in [0.4, 0.5) is 0 Å². The highest BCUT2D eigenvalue weighted by Gasteiger charge is 2.33. The van der Waals surface area contributed by atoms with E-state index in [9.17, 15) is 9.59 Å². The van der Waals surface area contributed by atoms with Crippen LogP contribution in [0.3, 0.4) is 0 Å². The van der Waals surface area contributed by atoms with Gasteiger partial charge >= 0.3 is 0 Å². The fourth-order valence-corrected chi connectivity index (χ4v) is 4.16. The highest BCUT2D eigenvalue weighted by molar-refractivity contribution is 5.98. The molecule has 1 aromatic heterocycles. The molecule has 1 aliphatic heterocycles. The maximum atomic E-state index is 13.5. The molecule has 4 rings (SSSR count). The summed E-state index contributed by atoms with van der Waals surface area (Å²) in [5.74, 6) is 0.0401. The number of piperidine rings is 1. The molecule has 2 aromatic rings. The van der Waals surface area contributed by atoms with Crippen LogP contribution in [-0.4, -0.2) is 40.4 Å². The van der Waals surface area contributed by atoms with Gasteiger partial charge in [0.15, 0.2) is 0 Å². The molecule has 1 aromatic carbocycles. The first-order valence-corrected chi connectivity index (χ1v) is 10.3. The lowest BCUT2D eigenvalue weighted by atomic mass is 9.96. The van der Waals surface area contributed by atoms with Crippen LogP contribution in [0.15, 0.2) is 30.3 Å². The van der Waals surface area contributed by atoms with E-state index in [0.29, 0.717) is 24.7 Å². The molecule has 2 amide bonds. The Morgan fingerprint density at radius 3 is 2.39 bits per heavy atom. The lowest BCUT2D eigenvalue weighted by Gasteiger charge is -2.33. The number of aryl methyl sites for hydroxylation is 3. The minimum Gasteiger partial charge on any atom is -0.353 e. The molecule has 5 nitrogen and oxygen atoms in total. The van der Waals surface area contributed by atoms with Crippen molar-refractivity contribution >= 4 is 11.8 Å². The van der Waals surface area contributed by atoms with Crippen LogP contribution in [-0.2, 0) is 4.79 Å². The van der Waals surface area contributed by atoms with Crippen molar-refractivity contribution in [1.82, 2.24) is 14.8 Å². The SMILES string of the molecule is Cc1ccc(-n2c(C)ccc2C)c(C(=O)N2CCCC(C(=O)NC3CC3)C2)c1. The summed E-state index contributed by atoms with van der Waals surface area (Å²) < 4.78 is 2.13. The zero-order valence-corrected chi connectivity index (χ0v) is 17.0. The maximum Gasteiger partial charge on any atom is 0.256 e. The summed E-state index contributed by atoms with van der Waals surface area (Å²) in [5.41, 5.74) is 4.91. The number of nitrogens with zero attached hydrogens (tertiary/aromatic N) is 2. The van der Waals surface area contributed by atoms with Crippen LogP contribution in [0, 0.1) is 26.7 Å². The van der Waals surface area contributed by atoms with E-state index in [1.807, 2.05) is 30.0 Å². The van der Waals surface area contributed by atoms with Crippen LogP contribution in [0.1, 0.15) is 53.0 Å². The number of benzene rings is 1. The Morgan fingerprint density at radius 2 is 1.71 bits per heavy atom. The Bertz CT molecular complexity index is 891. The molecule has 2 fully saturated rings. The van der Waals surface area contributed by atoms with Gasteiger partial charge in [-0.2, -0.15) is 0 Å². The Hall–Kier alpha value is -2.56. The van der Waals surface area contributed by atoms with E-state index < -0.39 is 0 Å². The number of amides is 2. The van der Waals surface area contributed by atoms with E-state index in [-0.39, 0.29) is 17.7 Å². The molecule has 148 valence electrons. The molecule has 2 aliphatic rings. The number of carbonyl (C=O) groups is 2. The zero-order valence-electron chi connectivity index (χ0n) is 17.0. The number of hydrogen-bond donors (Lipinski definition) is 1. The van der Waals surface area contributed by atoms with Gasteiger partial charge in [-0.25, -0.2) is 0 Å². The van der Waals surface area contributed by atoms with Gasteiger partial charge in [-0.15, -0.1) is 0 Å². The number of likely N-dealkylation sites (tertiary alicyclic amines) is 1. The van der Waals surface area contributed by atoms with Gasteiger partial charge in [-0.05, 0) is 70.7 Å². The predicted molar refractivity (Wildman–Crippen MR) is 110 cm³/mol. The van der Waals surface area contributed by atoms with Crippen molar-refractivity contribution in [2.24, 2.45) is 5.92 Å². The topological polar surface area (TPSA) is 54.3 Å². The maximum absolute atomic E-state index is 13.5. The summed E-state index contributed by atoms with van der Waals surface area (Å²) in [5, 5.41) is 3.10. The summed E-state index contributed by atoms with van der Waals surface area (Å²) in [6.07, 6.45) is 3.91. The monoisotopic (exact) mass is 379 g/mol. The Labute approximate surface area is 166 Å². The minimum absolute atomic E-state index is 0.0233. The Balaban J connectivity index is 1.60. The fraction of sp³-hybridized carbons (Fsp3) is 0.478. The van der Waals surface area contributed by atoms with Crippen molar-refractivity contribution in [3.8, 4) is 5.69 Å². The van der Waals surface area contributed by atoms with Gasteiger partial charge in [0.2, 0.25) is 5.91 Å². The van der Waals surface area contributed by atoms with Gasteiger partial charge in [-0.3, -0.25) is 9.59 Å². The molecule has 1 saturated carbocycles. The first-order chi connectivity index (χ1) is 13.4.